The summed E-state index contributed by atoms with van der Waals surface area (Å²) in [6.07, 6.45) is 7.96. The molecule has 7 heteroatoms. The van der Waals surface area contributed by atoms with E-state index in [1.807, 2.05) is 24.3 Å². The Morgan fingerprint density at radius 2 is 1.97 bits per heavy atom. The molecule has 0 atom stereocenters. The van der Waals surface area contributed by atoms with Gasteiger partial charge in [-0.25, -0.2) is 4.98 Å². The van der Waals surface area contributed by atoms with Crippen molar-refractivity contribution in [2.45, 2.75) is 38.1 Å². The standard InChI is InChI=1S/C23H26N4O2S/c28-22-20(30-23(26-22)24-18-7-2-1-3-8-18)15-17-14-16-6-4-5-9-19(16)25-21(17)27-10-12-29-13-11-27/h4-6,9,14-15,18H,1-3,7-8,10-13H2,(H,24,26,28)/b20-15+. The number of para-hydroxylation sites is 1. The molecule has 156 valence electrons. The van der Waals surface area contributed by atoms with Crippen molar-refractivity contribution >= 4 is 45.6 Å². The van der Waals surface area contributed by atoms with E-state index in [9.17, 15) is 4.79 Å². The van der Waals surface area contributed by atoms with Gasteiger partial charge in [0.15, 0.2) is 5.17 Å². The summed E-state index contributed by atoms with van der Waals surface area (Å²) in [5.41, 5.74) is 1.93. The lowest BCUT2D eigenvalue weighted by atomic mass is 9.96. The van der Waals surface area contributed by atoms with Crippen LogP contribution in [0.15, 0.2) is 40.2 Å². The Hall–Kier alpha value is -2.38. The van der Waals surface area contributed by atoms with Gasteiger partial charge < -0.3 is 15.0 Å². The minimum absolute atomic E-state index is 0.0735. The van der Waals surface area contributed by atoms with Crippen molar-refractivity contribution in [1.29, 1.82) is 0 Å². The van der Waals surface area contributed by atoms with E-state index in [2.05, 4.69) is 22.3 Å². The summed E-state index contributed by atoms with van der Waals surface area (Å²) in [7, 11) is 0. The second kappa shape index (κ2) is 8.78. The number of amides is 1. The average molecular weight is 423 g/mol. The summed E-state index contributed by atoms with van der Waals surface area (Å²) in [6, 6.07) is 10.6. The van der Waals surface area contributed by atoms with Crippen LogP contribution in [0.2, 0.25) is 0 Å². The molecular formula is C23H26N4O2S. The van der Waals surface area contributed by atoms with E-state index in [4.69, 9.17) is 14.7 Å². The van der Waals surface area contributed by atoms with Crippen molar-refractivity contribution in [1.82, 2.24) is 10.3 Å². The molecule has 2 aliphatic heterocycles. The van der Waals surface area contributed by atoms with E-state index >= 15 is 0 Å². The lowest BCUT2D eigenvalue weighted by Crippen LogP contribution is -2.37. The number of nitrogens with one attached hydrogen (secondary N) is 1. The molecule has 3 heterocycles. The molecule has 5 rings (SSSR count). The van der Waals surface area contributed by atoms with Gasteiger partial charge in [0.25, 0.3) is 5.91 Å². The highest BCUT2D eigenvalue weighted by atomic mass is 32.2. The zero-order valence-corrected chi connectivity index (χ0v) is 17.8. The fourth-order valence-corrected chi connectivity index (χ4v) is 5.15. The number of hydrogen-bond acceptors (Lipinski definition) is 6. The zero-order chi connectivity index (χ0) is 20.3. The smallest absolute Gasteiger partial charge is 0.264 e. The number of rotatable bonds is 3. The second-order valence-electron chi connectivity index (χ2n) is 7.98. The van der Waals surface area contributed by atoms with Crippen LogP contribution in [0, 0.1) is 0 Å². The minimum atomic E-state index is -0.0735. The molecule has 6 nitrogen and oxygen atoms in total. The maximum Gasteiger partial charge on any atom is 0.264 e. The molecule has 1 N–H and O–H groups in total. The number of ether oxygens (including phenoxy) is 1. The molecule has 3 aliphatic rings. The third kappa shape index (κ3) is 4.23. The maximum atomic E-state index is 12.6. The Bertz CT molecular complexity index is 1010. The van der Waals surface area contributed by atoms with Gasteiger partial charge in [0.2, 0.25) is 0 Å². The molecule has 2 aromatic rings. The predicted octanol–water partition coefficient (Wildman–Crippen LogP) is 3.96. The molecule has 1 aromatic heterocycles. The number of amidine groups is 1. The van der Waals surface area contributed by atoms with Gasteiger partial charge in [0.05, 0.1) is 29.7 Å². The summed E-state index contributed by atoms with van der Waals surface area (Å²) in [6.45, 7) is 2.99. The van der Waals surface area contributed by atoms with Crippen LogP contribution in [0.25, 0.3) is 17.0 Å². The van der Waals surface area contributed by atoms with E-state index in [1.165, 1.54) is 31.0 Å². The molecule has 0 radical (unpaired) electrons. The molecule has 1 saturated carbocycles. The third-order valence-corrected chi connectivity index (χ3v) is 6.78. The molecule has 0 bridgehead atoms. The van der Waals surface area contributed by atoms with Crippen LogP contribution in [-0.4, -0.2) is 48.4 Å². The van der Waals surface area contributed by atoms with Gasteiger partial charge in [-0.15, -0.1) is 0 Å². The Balaban J connectivity index is 1.47. The average Bonchev–Trinajstić information content (AvgIpc) is 3.13. The number of benzene rings is 1. The fourth-order valence-electron chi connectivity index (χ4n) is 4.26. The van der Waals surface area contributed by atoms with Gasteiger partial charge in [-0.3, -0.25) is 9.79 Å². The SMILES string of the molecule is O=C1NC(=NC2CCCCC2)S/C1=C/c1cc2ccccc2nc1N1CCOCC1. The van der Waals surface area contributed by atoms with Crippen LogP contribution in [0.3, 0.4) is 0 Å². The largest absolute Gasteiger partial charge is 0.378 e. The highest BCUT2D eigenvalue weighted by molar-refractivity contribution is 8.18. The van der Waals surface area contributed by atoms with E-state index in [1.54, 1.807) is 0 Å². The monoisotopic (exact) mass is 422 g/mol. The summed E-state index contributed by atoms with van der Waals surface area (Å²) in [5, 5.41) is 4.77. The maximum absolute atomic E-state index is 12.6. The topological polar surface area (TPSA) is 66.8 Å². The van der Waals surface area contributed by atoms with Crippen molar-refractivity contribution in [3.8, 4) is 0 Å². The number of hydrogen-bond donors (Lipinski definition) is 1. The molecule has 1 amide bonds. The van der Waals surface area contributed by atoms with Gasteiger partial charge in [0.1, 0.15) is 5.82 Å². The molecule has 3 fully saturated rings. The number of fused-ring (bicyclic) bond motifs is 1. The molecule has 0 unspecified atom stereocenters. The Morgan fingerprint density at radius 3 is 2.80 bits per heavy atom. The van der Waals surface area contributed by atoms with Crippen molar-refractivity contribution in [2.24, 2.45) is 4.99 Å². The number of pyridine rings is 1. The Kier molecular flexibility index (Phi) is 5.73. The number of aliphatic imine (C=N–C) groups is 1. The van der Waals surface area contributed by atoms with Crippen molar-refractivity contribution in [2.75, 3.05) is 31.2 Å². The summed E-state index contributed by atoms with van der Waals surface area (Å²) in [5.74, 6) is 0.839. The van der Waals surface area contributed by atoms with Crippen LogP contribution in [0.4, 0.5) is 5.82 Å². The number of aromatic nitrogens is 1. The van der Waals surface area contributed by atoms with Crippen molar-refractivity contribution in [3.05, 3.63) is 40.8 Å². The number of nitrogens with zero attached hydrogens (tertiary/aromatic N) is 3. The second-order valence-corrected chi connectivity index (χ2v) is 9.01. The van der Waals surface area contributed by atoms with Gasteiger partial charge >= 0.3 is 0 Å². The Morgan fingerprint density at radius 1 is 1.17 bits per heavy atom. The van der Waals surface area contributed by atoms with E-state index < -0.39 is 0 Å². The molecule has 0 spiro atoms. The molecule has 1 aromatic carbocycles. The van der Waals surface area contributed by atoms with Crippen LogP contribution in [0.5, 0.6) is 0 Å². The van der Waals surface area contributed by atoms with E-state index in [-0.39, 0.29) is 5.91 Å². The first-order chi connectivity index (χ1) is 14.8. The molecule has 1 aliphatic carbocycles. The van der Waals surface area contributed by atoms with Gasteiger partial charge in [-0.1, -0.05) is 37.5 Å². The molecule has 30 heavy (non-hydrogen) atoms. The lowest BCUT2D eigenvalue weighted by Gasteiger charge is -2.29. The van der Waals surface area contributed by atoms with Crippen LogP contribution in [-0.2, 0) is 9.53 Å². The Labute approximate surface area is 180 Å². The molecule has 2 saturated heterocycles. The first-order valence-electron chi connectivity index (χ1n) is 10.8. The predicted molar refractivity (Wildman–Crippen MR) is 123 cm³/mol. The van der Waals surface area contributed by atoms with E-state index in [0.29, 0.717) is 24.2 Å². The number of morpholine rings is 1. The van der Waals surface area contributed by atoms with Gasteiger partial charge in [0, 0.05) is 24.0 Å². The number of anilines is 1. The number of thioether (sulfide) groups is 1. The summed E-state index contributed by atoms with van der Waals surface area (Å²) >= 11 is 1.45. The summed E-state index contributed by atoms with van der Waals surface area (Å²) < 4.78 is 5.52. The number of carbonyl (C=O) groups excluding carboxylic acids is 1. The molecular weight excluding hydrogens is 396 g/mol. The van der Waals surface area contributed by atoms with Crippen LogP contribution < -0.4 is 10.2 Å². The zero-order valence-electron chi connectivity index (χ0n) is 17.0. The minimum Gasteiger partial charge on any atom is -0.378 e. The first-order valence-corrected chi connectivity index (χ1v) is 11.6. The quantitative estimate of drug-likeness (QED) is 0.759. The normalized spacial score (nSPS) is 23.5. The number of carbonyl (C=O) groups is 1. The van der Waals surface area contributed by atoms with Crippen molar-refractivity contribution in [3.63, 3.8) is 0 Å². The highest BCUT2D eigenvalue weighted by Crippen LogP contribution is 2.32. The summed E-state index contributed by atoms with van der Waals surface area (Å²) in [4.78, 5) is 25.3. The van der Waals surface area contributed by atoms with E-state index in [0.717, 1.165) is 53.4 Å². The van der Waals surface area contributed by atoms with Gasteiger partial charge in [-0.05, 0) is 42.8 Å². The van der Waals surface area contributed by atoms with Crippen LogP contribution in [0.1, 0.15) is 37.7 Å². The van der Waals surface area contributed by atoms with Crippen LogP contribution >= 0.6 is 11.8 Å². The fraction of sp³-hybridized carbons (Fsp3) is 0.435. The van der Waals surface area contributed by atoms with Gasteiger partial charge in [-0.2, -0.15) is 0 Å². The van der Waals surface area contributed by atoms with Crippen molar-refractivity contribution < 1.29 is 9.53 Å². The first kappa shape index (κ1) is 19.6. The lowest BCUT2D eigenvalue weighted by molar-refractivity contribution is -0.115. The highest BCUT2D eigenvalue weighted by Gasteiger charge is 2.26. The third-order valence-electron chi connectivity index (χ3n) is 5.85.